The van der Waals surface area contributed by atoms with Gasteiger partial charge >= 0.3 is 0 Å². The molecular formula is C12H15NO3. The number of carbonyl (C=O) groups is 2. The van der Waals surface area contributed by atoms with Crippen LogP contribution in [0, 0.1) is 0 Å². The van der Waals surface area contributed by atoms with Crippen LogP contribution in [-0.2, 0) is 9.59 Å². The number of nitrogens with one attached hydrogen (secondary N) is 1. The molecule has 16 heavy (non-hydrogen) atoms. The second kappa shape index (κ2) is 5.30. The van der Waals surface area contributed by atoms with Gasteiger partial charge in [-0.15, -0.1) is 0 Å². The van der Waals surface area contributed by atoms with Gasteiger partial charge in [0, 0.05) is 13.3 Å². The Morgan fingerprint density at radius 2 is 2.25 bits per heavy atom. The fraction of sp³-hybridized carbons (Fsp3) is 0.333. The van der Waals surface area contributed by atoms with Crippen molar-refractivity contribution in [2.45, 2.75) is 26.2 Å². The van der Waals surface area contributed by atoms with E-state index in [1.807, 2.05) is 6.92 Å². The molecule has 4 nitrogen and oxygen atoms in total. The van der Waals surface area contributed by atoms with Gasteiger partial charge in [-0.1, -0.05) is 19.1 Å². The summed E-state index contributed by atoms with van der Waals surface area (Å²) < 4.78 is 0. The van der Waals surface area contributed by atoms with Gasteiger partial charge in [-0.2, -0.15) is 0 Å². The molecule has 0 spiro atoms. The van der Waals surface area contributed by atoms with E-state index in [4.69, 9.17) is 0 Å². The van der Waals surface area contributed by atoms with Crippen molar-refractivity contribution in [2.24, 2.45) is 0 Å². The maximum absolute atomic E-state index is 11.0. The van der Waals surface area contributed by atoms with Crippen molar-refractivity contribution in [3.05, 3.63) is 23.8 Å². The predicted molar refractivity (Wildman–Crippen MR) is 61.5 cm³/mol. The van der Waals surface area contributed by atoms with Gasteiger partial charge in [-0.25, -0.2) is 0 Å². The molecule has 0 aliphatic heterocycles. The highest BCUT2D eigenvalue weighted by atomic mass is 16.3. The summed E-state index contributed by atoms with van der Waals surface area (Å²) in [4.78, 5) is 21.5. The molecule has 0 aromatic heterocycles. The van der Waals surface area contributed by atoms with Crippen LogP contribution >= 0.6 is 0 Å². The highest BCUT2D eigenvalue weighted by Crippen LogP contribution is 2.33. The number of phenolic OH excluding ortho intramolecular Hbond substituents is 1. The van der Waals surface area contributed by atoms with Gasteiger partial charge in [0.15, 0.2) is 0 Å². The Bertz CT molecular complexity index is 401. The quantitative estimate of drug-likeness (QED) is 0.604. The number of amides is 1. The Labute approximate surface area is 94.3 Å². The van der Waals surface area contributed by atoms with Crippen molar-refractivity contribution in [1.29, 1.82) is 0 Å². The largest absolute Gasteiger partial charge is 0.506 e. The van der Waals surface area contributed by atoms with Crippen LogP contribution in [0.15, 0.2) is 18.2 Å². The fourth-order valence-corrected chi connectivity index (χ4v) is 1.55. The molecule has 0 radical (unpaired) electrons. The number of phenols is 1. The van der Waals surface area contributed by atoms with Crippen LogP contribution in [-0.4, -0.2) is 17.3 Å². The normalized spacial score (nSPS) is 11.9. The highest BCUT2D eigenvalue weighted by molar-refractivity contribution is 5.91. The Morgan fingerprint density at radius 3 is 2.81 bits per heavy atom. The SMILES string of the molecule is CC(=O)Nc1c(O)cccc1C(C)CC=O. The van der Waals surface area contributed by atoms with Crippen LogP contribution in [0.3, 0.4) is 0 Å². The van der Waals surface area contributed by atoms with Crippen molar-refractivity contribution in [1.82, 2.24) is 0 Å². The Balaban J connectivity index is 3.11. The van der Waals surface area contributed by atoms with E-state index in [-0.39, 0.29) is 17.6 Å². The molecule has 0 heterocycles. The Morgan fingerprint density at radius 1 is 1.56 bits per heavy atom. The van der Waals surface area contributed by atoms with Gasteiger partial charge in [0.25, 0.3) is 0 Å². The van der Waals surface area contributed by atoms with Gasteiger partial charge in [0.2, 0.25) is 5.91 Å². The van der Waals surface area contributed by atoms with E-state index in [2.05, 4.69) is 5.32 Å². The number of aromatic hydroxyl groups is 1. The molecule has 0 fully saturated rings. The van der Waals surface area contributed by atoms with Crippen molar-refractivity contribution in [3.63, 3.8) is 0 Å². The molecule has 4 heteroatoms. The molecule has 0 saturated carbocycles. The molecule has 1 atom stereocenters. The second-order valence-corrected chi connectivity index (χ2v) is 3.73. The monoisotopic (exact) mass is 221 g/mol. The minimum atomic E-state index is -0.249. The first-order valence-electron chi connectivity index (χ1n) is 5.09. The number of para-hydroxylation sites is 1. The first-order valence-corrected chi connectivity index (χ1v) is 5.09. The molecule has 0 aliphatic rings. The summed E-state index contributed by atoms with van der Waals surface area (Å²) in [5.74, 6) is -0.266. The maximum atomic E-state index is 11.0. The van der Waals surface area contributed by atoms with E-state index < -0.39 is 0 Å². The summed E-state index contributed by atoms with van der Waals surface area (Å²) in [6.07, 6.45) is 1.18. The van der Waals surface area contributed by atoms with Crippen molar-refractivity contribution < 1.29 is 14.7 Å². The van der Waals surface area contributed by atoms with Crippen LogP contribution in [0.4, 0.5) is 5.69 Å². The average Bonchev–Trinajstić information content (AvgIpc) is 2.20. The first kappa shape index (κ1) is 12.2. The summed E-state index contributed by atoms with van der Waals surface area (Å²) in [5.41, 5.74) is 1.16. The molecular weight excluding hydrogens is 206 g/mol. The number of aldehydes is 1. The molecule has 1 aromatic carbocycles. The molecule has 1 unspecified atom stereocenters. The number of carbonyl (C=O) groups excluding carboxylic acids is 2. The van der Waals surface area contributed by atoms with Gasteiger partial charge in [0.1, 0.15) is 12.0 Å². The lowest BCUT2D eigenvalue weighted by molar-refractivity contribution is -0.114. The number of rotatable bonds is 4. The maximum Gasteiger partial charge on any atom is 0.221 e. The zero-order valence-electron chi connectivity index (χ0n) is 9.36. The molecule has 1 rings (SSSR count). The summed E-state index contributed by atoms with van der Waals surface area (Å²) in [5, 5.41) is 12.2. The molecule has 1 aromatic rings. The summed E-state index contributed by atoms with van der Waals surface area (Å²) in [7, 11) is 0. The molecule has 2 N–H and O–H groups in total. The molecule has 1 amide bonds. The van der Waals surface area contributed by atoms with Gasteiger partial charge in [0.05, 0.1) is 5.69 Å². The summed E-state index contributed by atoms with van der Waals surface area (Å²) in [6, 6.07) is 4.98. The topological polar surface area (TPSA) is 66.4 Å². The van der Waals surface area contributed by atoms with Crippen molar-refractivity contribution >= 4 is 17.9 Å². The average molecular weight is 221 g/mol. The highest BCUT2D eigenvalue weighted by Gasteiger charge is 2.14. The van der Waals surface area contributed by atoms with E-state index >= 15 is 0 Å². The number of hydrogen-bond acceptors (Lipinski definition) is 3. The first-order chi connectivity index (χ1) is 7.56. The minimum Gasteiger partial charge on any atom is -0.506 e. The Kier molecular flexibility index (Phi) is 4.05. The third kappa shape index (κ3) is 2.82. The number of hydrogen-bond donors (Lipinski definition) is 2. The zero-order chi connectivity index (χ0) is 12.1. The fourth-order valence-electron chi connectivity index (χ4n) is 1.55. The lowest BCUT2D eigenvalue weighted by Crippen LogP contribution is -2.09. The third-order valence-electron chi connectivity index (χ3n) is 2.36. The van der Waals surface area contributed by atoms with Crippen LogP contribution in [0.5, 0.6) is 5.75 Å². The van der Waals surface area contributed by atoms with Crippen molar-refractivity contribution in [2.75, 3.05) is 5.32 Å². The Hall–Kier alpha value is -1.84. The number of anilines is 1. The van der Waals surface area contributed by atoms with E-state index in [0.29, 0.717) is 12.1 Å². The van der Waals surface area contributed by atoms with Crippen LogP contribution in [0.2, 0.25) is 0 Å². The minimum absolute atomic E-state index is 0.0189. The number of benzene rings is 1. The third-order valence-corrected chi connectivity index (χ3v) is 2.36. The molecule has 86 valence electrons. The molecule has 0 bridgehead atoms. The van der Waals surface area contributed by atoms with E-state index in [0.717, 1.165) is 11.8 Å². The van der Waals surface area contributed by atoms with Crippen molar-refractivity contribution in [3.8, 4) is 5.75 Å². The molecule has 0 aliphatic carbocycles. The van der Waals surface area contributed by atoms with E-state index in [1.165, 1.54) is 13.0 Å². The standard InChI is InChI=1S/C12H15NO3/c1-8(6-7-14)10-4-3-5-11(16)12(10)13-9(2)15/h3-5,7-8,16H,6H2,1-2H3,(H,13,15). The smallest absolute Gasteiger partial charge is 0.221 e. The predicted octanol–water partition coefficient (Wildman–Crippen LogP) is 2.04. The zero-order valence-corrected chi connectivity index (χ0v) is 9.36. The summed E-state index contributed by atoms with van der Waals surface area (Å²) in [6.45, 7) is 3.25. The van der Waals surface area contributed by atoms with Gasteiger partial charge in [-0.05, 0) is 17.5 Å². The lowest BCUT2D eigenvalue weighted by atomic mass is 9.96. The van der Waals surface area contributed by atoms with Crippen LogP contribution in [0.25, 0.3) is 0 Å². The van der Waals surface area contributed by atoms with Crippen LogP contribution in [0.1, 0.15) is 31.7 Å². The van der Waals surface area contributed by atoms with Gasteiger partial charge in [-0.3, -0.25) is 4.79 Å². The second-order valence-electron chi connectivity index (χ2n) is 3.73. The van der Waals surface area contributed by atoms with Gasteiger partial charge < -0.3 is 15.2 Å². The van der Waals surface area contributed by atoms with E-state index in [1.54, 1.807) is 12.1 Å². The lowest BCUT2D eigenvalue weighted by Gasteiger charge is -2.15. The molecule has 0 saturated heterocycles. The summed E-state index contributed by atoms with van der Waals surface area (Å²) >= 11 is 0. The van der Waals surface area contributed by atoms with Crippen LogP contribution < -0.4 is 5.32 Å². The van der Waals surface area contributed by atoms with E-state index in [9.17, 15) is 14.7 Å².